The molecule has 0 aliphatic heterocycles. The molecule has 2 aromatic heterocycles. The van der Waals surface area contributed by atoms with Crippen molar-refractivity contribution >= 4 is 0 Å². The van der Waals surface area contributed by atoms with Gasteiger partial charge in [-0.25, -0.2) is 9.97 Å². The second-order valence-electron chi connectivity index (χ2n) is 3.26. The zero-order valence-corrected chi connectivity index (χ0v) is 9.31. The van der Waals surface area contributed by atoms with Crippen LogP contribution in [0, 0.1) is 20.8 Å². The molecular weight excluding hydrogens is 186 g/mol. The summed E-state index contributed by atoms with van der Waals surface area (Å²) in [6.45, 7) is 6.00. The van der Waals surface area contributed by atoms with Gasteiger partial charge in [0.05, 0.1) is 0 Å². The van der Waals surface area contributed by atoms with Crippen LogP contribution in [0.15, 0.2) is 36.9 Å². The van der Waals surface area contributed by atoms with E-state index >= 15 is 0 Å². The highest BCUT2D eigenvalue weighted by Gasteiger charge is 1.85. The van der Waals surface area contributed by atoms with Crippen LogP contribution in [0.1, 0.15) is 17.0 Å². The molecule has 0 amide bonds. The van der Waals surface area contributed by atoms with Crippen molar-refractivity contribution in [1.29, 1.82) is 0 Å². The zero-order valence-electron chi connectivity index (χ0n) is 9.31. The third-order valence-electron chi connectivity index (χ3n) is 2.00. The van der Waals surface area contributed by atoms with E-state index in [0.29, 0.717) is 0 Å². The second kappa shape index (κ2) is 5.86. The number of pyridine rings is 1. The Morgan fingerprint density at radius 1 is 0.933 bits per heavy atom. The van der Waals surface area contributed by atoms with Crippen LogP contribution in [0.5, 0.6) is 0 Å². The van der Waals surface area contributed by atoms with Crippen molar-refractivity contribution in [2.45, 2.75) is 20.8 Å². The van der Waals surface area contributed by atoms with E-state index in [4.69, 9.17) is 0 Å². The first kappa shape index (κ1) is 11.3. The molecule has 0 saturated carbocycles. The van der Waals surface area contributed by atoms with Crippen LogP contribution >= 0.6 is 0 Å². The summed E-state index contributed by atoms with van der Waals surface area (Å²) in [4.78, 5) is 11.7. The average Bonchev–Trinajstić information content (AvgIpc) is 2.25. The highest BCUT2D eigenvalue weighted by atomic mass is 14.8. The van der Waals surface area contributed by atoms with Crippen LogP contribution in [0.25, 0.3) is 0 Å². The Bertz CT molecular complexity index is 378. The van der Waals surface area contributed by atoms with Crippen LogP contribution in [0.2, 0.25) is 0 Å². The van der Waals surface area contributed by atoms with Crippen molar-refractivity contribution in [1.82, 2.24) is 15.0 Å². The topological polar surface area (TPSA) is 38.7 Å². The first-order chi connectivity index (χ1) is 7.20. The van der Waals surface area contributed by atoms with E-state index in [1.807, 2.05) is 32.2 Å². The molecule has 2 heterocycles. The zero-order chi connectivity index (χ0) is 11.1. The van der Waals surface area contributed by atoms with Crippen molar-refractivity contribution < 1.29 is 0 Å². The number of hydrogen-bond donors (Lipinski definition) is 0. The minimum Gasteiger partial charge on any atom is -0.261 e. The molecule has 0 radical (unpaired) electrons. The Hall–Kier alpha value is -1.77. The highest BCUT2D eigenvalue weighted by Crippen LogP contribution is 1.98. The van der Waals surface area contributed by atoms with Crippen molar-refractivity contribution in [3.63, 3.8) is 0 Å². The molecule has 15 heavy (non-hydrogen) atoms. The van der Waals surface area contributed by atoms with Gasteiger partial charge in [-0.15, -0.1) is 0 Å². The van der Waals surface area contributed by atoms with E-state index in [9.17, 15) is 0 Å². The Labute approximate surface area is 90.2 Å². The summed E-state index contributed by atoms with van der Waals surface area (Å²) >= 11 is 0. The third-order valence-corrected chi connectivity index (χ3v) is 2.00. The second-order valence-corrected chi connectivity index (χ2v) is 3.26. The van der Waals surface area contributed by atoms with Gasteiger partial charge in [-0.1, -0.05) is 6.07 Å². The van der Waals surface area contributed by atoms with Crippen LogP contribution in [0.3, 0.4) is 0 Å². The van der Waals surface area contributed by atoms with Gasteiger partial charge in [0.2, 0.25) is 0 Å². The van der Waals surface area contributed by atoms with E-state index < -0.39 is 0 Å². The molecule has 78 valence electrons. The molecule has 2 aromatic rings. The first-order valence-electron chi connectivity index (χ1n) is 4.81. The third kappa shape index (κ3) is 4.31. The van der Waals surface area contributed by atoms with E-state index in [-0.39, 0.29) is 0 Å². The molecule has 0 aliphatic rings. The molecule has 0 N–H and O–H groups in total. The van der Waals surface area contributed by atoms with Gasteiger partial charge in [-0.3, -0.25) is 4.98 Å². The van der Waals surface area contributed by atoms with Gasteiger partial charge in [0, 0.05) is 23.8 Å². The standard InChI is InChI=1S/C7H9N.C5H6N2/c1-6-4-3-5-8-7(6)2;1-5-2-3-6-4-7-5/h3-5H,1-2H3;2-4H,1H3. The van der Waals surface area contributed by atoms with Crippen LogP contribution in [-0.2, 0) is 0 Å². The monoisotopic (exact) mass is 201 g/mol. The Balaban J connectivity index is 0.000000151. The van der Waals surface area contributed by atoms with Gasteiger partial charge in [0.15, 0.2) is 0 Å². The van der Waals surface area contributed by atoms with Crippen LogP contribution in [-0.4, -0.2) is 15.0 Å². The predicted octanol–water partition coefficient (Wildman–Crippen LogP) is 2.48. The summed E-state index contributed by atoms with van der Waals surface area (Å²) in [5, 5.41) is 0. The lowest BCUT2D eigenvalue weighted by Gasteiger charge is -1.92. The number of nitrogens with zero attached hydrogens (tertiary/aromatic N) is 3. The summed E-state index contributed by atoms with van der Waals surface area (Å²) in [6, 6.07) is 5.87. The first-order valence-corrected chi connectivity index (χ1v) is 4.81. The number of aromatic nitrogens is 3. The molecule has 3 heteroatoms. The van der Waals surface area contributed by atoms with Gasteiger partial charge in [0.25, 0.3) is 0 Å². The SMILES string of the molecule is Cc1cccnc1C.Cc1ccncn1. The van der Waals surface area contributed by atoms with Crippen molar-refractivity contribution in [3.05, 3.63) is 53.9 Å². The Kier molecular flexibility index (Phi) is 4.41. The summed E-state index contributed by atoms with van der Waals surface area (Å²) in [5.41, 5.74) is 3.38. The maximum absolute atomic E-state index is 4.08. The van der Waals surface area contributed by atoms with E-state index in [1.165, 1.54) is 11.9 Å². The molecule has 2 rings (SSSR count). The van der Waals surface area contributed by atoms with Gasteiger partial charge in [-0.2, -0.15) is 0 Å². The molecule has 0 fully saturated rings. The molecular formula is C12H15N3. The summed E-state index contributed by atoms with van der Waals surface area (Å²) in [6.07, 6.45) is 5.07. The highest BCUT2D eigenvalue weighted by molar-refractivity contribution is 5.15. The van der Waals surface area contributed by atoms with Crippen molar-refractivity contribution in [2.24, 2.45) is 0 Å². The van der Waals surface area contributed by atoms with Crippen LogP contribution in [0.4, 0.5) is 0 Å². The largest absolute Gasteiger partial charge is 0.261 e. The van der Waals surface area contributed by atoms with Crippen LogP contribution < -0.4 is 0 Å². The summed E-state index contributed by atoms with van der Waals surface area (Å²) in [5.74, 6) is 0. The van der Waals surface area contributed by atoms with E-state index in [1.54, 1.807) is 6.20 Å². The lowest BCUT2D eigenvalue weighted by molar-refractivity contribution is 1.10. The molecule has 0 aliphatic carbocycles. The summed E-state index contributed by atoms with van der Waals surface area (Å²) in [7, 11) is 0. The Morgan fingerprint density at radius 3 is 2.07 bits per heavy atom. The van der Waals surface area contributed by atoms with E-state index in [2.05, 4.69) is 27.9 Å². The van der Waals surface area contributed by atoms with Crippen molar-refractivity contribution in [3.8, 4) is 0 Å². The molecule has 0 unspecified atom stereocenters. The molecule has 0 saturated heterocycles. The van der Waals surface area contributed by atoms with Gasteiger partial charge in [-0.05, 0) is 38.5 Å². The molecule has 0 aromatic carbocycles. The maximum Gasteiger partial charge on any atom is 0.115 e. The van der Waals surface area contributed by atoms with Gasteiger partial charge >= 0.3 is 0 Å². The minimum atomic E-state index is 1.01. The molecule has 0 atom stereocenters. The Morgan fingerprint density at radius 2 is 1.73 bits per heavy atom. The van der Waals surface area contributed by atoms with Crippen molar-refractivity contribution in [2.75, 3.05) is 0 Å². The van der Waals surface area contributed by atoms with E-state index in [0.717, 1.165) is 11.4 Å². The smallest absolute Gasteiger partial charge is 0.115 e. The number of aryl methyl sites for hydroxylation is 3. The number of hydrogen-bond acceptors (Lipinski definition) is 3. The lowest BCUT2D eigenvalue weighted by atomic mass is 10.2. The maximum atomic E-state index is 4.08. The molecule has 0 bridgehead atoms. The number of rotatable bonds is 0. The molecule has 3 nitrogen and oxygen atoms in total. The minimum absolute atomic E-state index is 1.01. The average molecular weight is 201 g/mol. The van der Waals surface area contributed by atoms with Gasteiger partial charge in [0.1, 0.15) is 6.33 Å². The fourth-order valence-electron chi connectivity index (χ4n) is 0.921. The fraction of sp³-hybridized carbons (Fsp3) is 0.250. The fourth-order valence-corrected chi connectivity index (χ4v) is 0.921. The van der Waals surface area contributed by atoms with Gasteiger partial charge < -0.3 is 0 Å². The quantitative estimate of drug-likeness (QED) is 0.657. The molecule has 0 spiro atoms. The lowest BCUT2D eigenvalue weighted by Crippen LogP contribution is -1.81. The normalized spacial score (nSPS) is 9.00. The predicted molar refractivity (Wildman–Crippen MR) is 60.5 cm³/mol. The summed E-state index contributed by atoms with van der Waals surface area (Å²) < 4.78 is 0.